The summed E-state index contributed by atoms with van der Waals surface area (Å²) >= 11 is 0. The molecule has 1 aliphatic rings. The Kier molecular flexibility index (Phi) is 4.15. The lowest BCUT2D eigenvalue weighted by Crippen LogP contribution is -2.76. The number of ether oxygens (including phenoxy) is 1. The second-order valence-electron chi connectivity index (χ2n) is 4.72. The summed E-state index contributed by atoms with van der Waals surface area (Å²) in [6, 6.07) is 4.25. The minimum Gasteiger partial charge on any atom is -0.449 e. The van der Waals surface area contributed by atoms with E-state index in [1.54, 1.807) is 0 Å². The average molecular weight is 356 g/mol. The van der Waals surface area contributed by atoms with Crippen LogP contribution in [0.4, 0.5) is 36.8 Å². The minimum absolute atomic E-state index is 0.518. The molecule has 5 nitrogen and oxygen atoms in total. The number of nitrogens with zero attached hydrogens (tertiary/aromatic N) is 1. The first-order valence-corrected chi connectivity index (χ1v) is 6.49. The molecule has 0 spiro atoms. The number of carbonyl (C=O) groups excluding carboxylic acids is 2. The molecule has 0 aromatic heterocycles. The Morgan fingerprint density at radius 2 is 1.71 bits per heavy atom. The number of amides is 2. The monoisotopic (exact) mass is 356 g/mol. The van der Waals surface area contributed by atoms with Crippen molar-refractivity contribution < 1.29 is 40.7 Å². The number of para-hydroxylation sites is 1. The number of hydrogen-bond acceptors (Lipinski definition) is 4. The molecule has 11 heteroatoms. The number of anilines is 1. The number of halogens is 6. The highest BCUT2D eigenvalue weighted by molar-refractivity contribution is 6.09. The van der Waals surface area contributed by atoms with Crippen LogP contribution in [0.15, 0.2) is 24.3 Å². The molecule has 24 heavy (non-hydrogen) atoms. The lowest BCUT2D eigenvalue weighted by atomic mass is 9.98. The van der Waals surface area contributed by atoms with E-state index in [4.69, 9.17) is 0 Å². The van der Waals surface area contributed by atoms with Crippen molar-refractivity contribution in [2.45, 2.75) is 24.9 Å². The highest BCUT2D eigenvalue weighted by atomic mass is 19.4. The molecule has 1 aromatic carbocycles. The second-order valence-corrected chi connectivity index (χ2v) is 4.72. The molecule has 1 N–H and O–H groups in total. The normalized spacial score (nSPS) is 17.1. The van der Waals surface area contributed by atoms with Gasteiger partial charge in [-0.15, -0.1) is 0 Å². The summed E-state index contributed by atoms with van der Waals surface area (Å²) < 4.78 is 84.8. The van der Waals surface area contributed by atoms with Crippen molar-refractivity contribution >= 4 is 17.7 Å². The third-order valence-corrected chi connectivity index (χ3v) is 3.28. The fourth-order valence-electron chi connectivity index (χ4n) is 2.27. The van der Waals surface area contributed by atoms with Gasteiger partial charge in [-0.3, -0.25) is 4.79 Å². The van der Waals surface area contributed by atoms with Gasteiger partial charge in [0.15, 0.2) is 0 Å². The van der Waals surface area contributed by atoms with Crippen molar-refractivity contribution in [3.05, 3.63) is 29.8 Å². The molecule has 0 atom stereocenters. The zero-order chi connectivity index (χ0) is 18.3. The number of carbonyl (C=O) groups is 2. The van der Waals surface area contributed by atoms with Crippen LogP contribution in [0.3, 0.4) is 0 Å². The standard InChI is InChI=1S/C13H10F6N2O3/c1-2-24-10(23)21-9(22)7-5-3-4-6-8(7)20-11(21,12(14,15)16)13(17,18)19/h3-6,20H,2H2,1H3. The van der Waals surface area contributed by atoms with Crippen molar-refractivity contribution in [1.82, 2.24) is 4.90 Å². The molecular weight excluding hydrogens is 346 g/mol. The van der Waals surface area contributed by atoms with Crippen molar-refractivity contribution in [3.63, 3.8) is 0 Å². The predicted molar refractivity (Wildman–Crippen MR) is 68.1 cm³/mol. The summed E-state index contributed by atoms with van der Waals surface area (Å²) in [4.78, 5) is 23.0. The van der Waals surface area contributed by atoms with Crippen LogP contribution in [0.2, 0.25) is 0 Å². The van der Waals surface area contributed by atoms with Gasteiger partial charge < -0.3 is 10.1 Å². The Hall–Kier alpha value is -2.46. The van der Waals surface area contributed by atoms with E-state index >= 15 is 0 Å². The van der Waals surface area contributed by atoms with Gasteiger partial charge in [0.25, 0.3) is 5.91 Å². The van der Waals surface area contributed by atoms with Crippen LogP contribution in [0, 0.1) is 0 Å². The number of nitrogens with one attached hydrogen (secondary N) is 1. The molecule has 0 saturated heterocycles. The van der Waals surface area contributed by atoms with Crippen LogP contribution in [-0.4, -0.2) is 41.5 Å². The molecule has 132 valence electrons. The quantitative estimate of drug-likeness (QED) is 0.782. The summed E-state index contributed by atoms with van der Waals surface area (Å²) in [5.41, 5.74) is -6.15. The van der Waals surface area contributed by atoms with Crippen LogP contribution in [0.25, 0.3) is 0 Å². The summed E-state index contributed by atoms with van der Waals surface area (Å²) in [5.74, 6) is -1.77. The van der Waals surface area contributed by atoms with Gasteiger partial charge in [0, 0.05) is 5.69 Å². The maximum Gasteiger partial charge on any atom is 0.440 e. The van der Waals surface area contributed by atoms with Crippen LogP contribution < -0.4 is 5.32 Å². The average Bonchev–Trinajstić information content (AvgIpc) is 2.44. The number of hydrogen-bond donors (Lipinski definition) is 1. The number of imide groups is 1. The molecule has 2 amide bonds. The van der Waals surface area contributed by atoms with Gasteiger partial charge in [-0.25, -0.2) is 9.69 Å². The van der Waals surface area contributed by atoms with Gasteiger partial charge in [0.05, 0.1) is 12.2 Å². The van der Waals surface area contributed by atoms with Gasteiger partial charge in [-0.05, 0) is 19.1 Å². The van der Waals surface area contributed by atoms with E-state index in [0.29, 0.717) is 0 Å². The van der Waals surface area contributed by atoms with Crippen LogP contribution in [0.1, 0.15) is 17.3 Å². The molecule has 0 unspecified atom stereocenters. The predicted octanol–water partition coefficient (Wildman–Crippen LogP) is 3.53. The van der Waals surface area contributed by atoms with E-state index in [9.17, 15) is 35.9 Å². The van der Waals surface area contributed by atoms with Crippen LogP contribution in [0.5, 0.6) is 0 Å². The van der Waals surface area contributed by atoms with E-state index in [-0.39, 0.29) is 0 Å². The van der Waals surface area contributed by atoms with Crippen LogP contribution in [-0.2, 0) is 4.74 Å². The first kappa shape index (κ1) is 17.9. The van der Waals surface area contributed by atoms with Crippen molar-refractivity contribution in [1.29, 1.82) is 0 Å². The van der Waals surface area contributed by atoms with Gasteiger partial charge in [-0.2, -0.15) is 26.3 Å². The molecule has 0 saturated carbocycles. The third kappa shape index (κ3) is 2.43. The second kappa shape index (κ2) is 5.56. The smallest absolute Gasteiger partial charge is 0.440 e. The molecule has 0 aliphatic carbocycles. The lowest BCUT2D eigenvalue weighted by Gasteiger charge is -2.47. The Morgan fingerprint density at radius 1 is 1.17 bits per heavy atom. The molecule has 0 fully saturated rings. The summed E-state index contributed by atoms with van der Waals surface area (Å²) in [7, 11) is 0. The Labute approximate surface area is 131 Å². The molecule has 0 radical (unpaired) electrons. The van der Waals surface area contributed by atoms with Gasteiger partial charge in [0.2, 0.25) is 0 Å². The lowest BCUT2D eigenvalue weighted by molar-refractivity contribution is -0.317. The summed E-state index contributed by atoms with van der Waals surface area (Å²) in [6.45, 7) is 0.659. The first-order valence-electron chi connectivity index (χ1n) is 6.49. The summed E-state index contributed by atoms with van der Waals surface area (Å²) in [6.07, 6.45) is -14.2. The maximum atomic E-state index is 13.4. The maximum absolute atomic E-state index is 13.4. The largest absolute Gasteiger partial charge is 0.449 e. The topological polar surface area (TPSA) is 58.6 Å². The highest BCUT2D eigenvalue weighted by Gasteiger charge is 2.78. The first-order chi connectivity index (χ1) is 11.0. The zero-order valence-electron chi connectivity index (χ0n) is 12.0. The van der Waals surface area contributed by atoms with Crippen LogP contribution >= 0.6 is 0 Å². The van der Waals surface area contributed by atoms with E-state index in [1.807, 2.05) is 0 Å². The van der Waals surface area contributed by atoms with Gasteiger partial charge >= 0.3 is 24.1 Å². The molecule has 2 rings (SSSR count). The van der Waals surface area contributed by atoms with Gasteiger partial charge in [-0.1, -0.05) is 12.1 Å². The van der Waals surface area contributed by atoms with Crippen molar-refractivity contribution in [2.75, 3.05) is 11.9 Å². The van der Waals surface area contributed by atoms with Gasteiger partial charge in [0.1, 0.15) is 0 Å². The Balaban J connectivity index is 2.78. The molecule has 1 aliphatic heterocycles. The number of alkyl halides is 6. The highest BCUT2D eigenvalue weighted by Crippen LogP contribution is 2.50. The Bertz CT molecular complexity index is 656. The minimum atomic E-state index is -6.05. The number of fused-ring (bicyclic) bond motifs is 1. The zero-order valence-corrected chi connectivity index (χ0v) is 12.0. The Morgan fingerprint density at radius 3 is 2.21 bits per heavy atom. The molecule has 1 aromatic rings. The molecule has 1 heterocycles. The fraction of sp³-hybridized carbons (Fsp3) is 0.385. The van der Waals surface area contributed by atoms with Crippen molar-refractivity contribution in [3.8, 4) is 0 Å². The van der Waals surface area contributed by atoms with E-state index in [0.717, 1.165) is 18.2 Å². The molecular formula is C13H10F6N2O3. The van der Waals surface area contributed by atoms with E-state index < -0.39 is 52.8 Å². The van der Waals surface area contributed by atoms with Crippen molar-refractivity contribution in [2.24, 2.45) is 0 Å². The van der Waals surface area contributed by atoms with E-state index in [1.165, 1.54) is 18.3 Å². The summed E-state index contributed by atoms with van der Waals surface area (Å²) in [5, 5.41) is 1.26. The number of rotatable bonds is 1. The number of benzene rings is 1. The third-order valence-electron chi connectivity index (χ3n) is 3.28. The van der Waals surface area contributed by atoms with E-state index in [2.05, 4.69) is 4.74 Å². The molecule has 0 bridgehead atoms. The SMILES string of the molecule is CCOC(=O)N1C(=O)c2ccccc2NC1(C(F)(F)F)C(F)(F)F. The fourth-order valence-corrected chi connectivity index (χ4v) is 2.27.